The van der Waals surface area contributed by atoms with E-state index in [4.69, 9.17) is 10.5 Å². The van der Waals surface area contributed by atoms with Crippen LogP contribution < -0.4 is 15.8 Å². The third-order valence-electron chi connectivity index (χ3n) is 3.54. The van der Waals surface area contributed by atoms with Gasteiger partial charge in [-0.2, -0.15) is 0 Å². The maximum atomic E-state index is 11.5. The van der Waals surface area contributed by atoms with E-state index in [0.29, 0.717) is 6.54 Å². The summed E-state index contributed by atoms with van der Waals surface area (Å²) in [6.45, 7) is 8.23. The van der Waals surface area contributed by atoms with Crippen LogP contribution in [0.4, 0.5) is 0 Å². The van der Waals surface area contributed by atoms with Crippen LogP contribution >= 0.6 is 12.4 Å². The van der Waals surface area contributed by atoms with E-state index >= 15 is 0 Å². The standard InChI is InChI=1S/C19H24N2O2.ClH/c1-12-7-13(2)9-17(8-12)23-18-6-5-16(10-14(18)3)11-21-19(22)15(4)20;/h5-10,15H,11,20H2,1-4H3,(H,21,22);1H. The molecule has 0 saturated heterocycles. The molecular formula is C19H25ClN2O2. The topological polar surface area (TPSA) is 64.3 Å². The van der Waals surface area contributed by atoms with Crippen molar-refractivity contribution in [1.29, 1.82) is 0 Å². The molecule has 130 valence electrons. The second-order valence-electron chi connectivity index (χ2n) is 6.03. The minimum absolute atomic E-state index is 0. The molecule has 0 radical (unpaired) electrons. The van der Waals surface area contributed by atoms with Crippen molar-refractivity contribution in [2.24, 2.45) is 5.73 Å². The van der Waals surface area contributed by atoms with Gasteiger partial charge in [-0.15, -0.1) is 12.4 Å². The molecule has 0 aromatic heterocycles. The maximum absolute atomic E-state index is 11.5. The number of nitrogens with one attached hydrogen (secondary N) is 1. The Morgan fingerprint density at radius 1 is 1.12 bits per heavy atom. The molecule has 0 saturated carbocycles. The van der Waals surface area contributed by atoms with E-state index in [0.717, 1.165) is 22.6 Å². The Labute approximate surface area is 149 Å². The number of carbonyl (C=O) groups is 1. The number of carbonyl (C=O) groups excluding carboxylic acids is 1. The molecule has 0 aliphatic heterocycles. The molecule has 4 nitrogen and oxygen atoms in total. The lowest BCUT2D eigenvalue weighted by Gasteiger charge is -2.12. The fourth-order valence-corrected chi connectivity index (χ4v) is 2.40. The summed E-state index contributed by atoms with van der Waals surface area (Å²) in [6.07, 6.45) is 0. The normalized spacial score (nSPS) is 11.4. The number of ether oxygens (including phenoxy) is 1. The minimum Gasteiger partial charge on any atom is -0.457 e. The molecule has 0 spiro atoms. The molecular weight excluding hydrogens is 324 g/mol. The summed E-state index contributed by atoms with van der Waals surface area (Å²) in [4.78, 5) is 11.5. The van der Waals surface area contributed by atoms with Gasteiger partial charge in [0, 0.05) is 6.54 Å². The molecule has 2 rings (SSSR count). The highest BCUT2D eigenvalue weighted by atomic mass is 35.5. The second-order valence-corrected chi connectivity index (χ2v) is 6.03. The molecule has 1 amide bonds. The molecule has 0 bridgehead atoms. The quantitative estimate of drug-likeness (QED) is 0.864. The van der Waals surface area contributed by atoms with E-state index in [2.05, 4.69) is 25.2 Å². The number of halogens is 1. The van der Waals surface area contributed by atoms with Crippen LogP contribution in [0.15, 0.2) is 36.4 Å². The number of hydrogen-bond acceptors (Lipinski definition) is 3. The number of aryl methyl sites for hydroxylation is 3. The summed E-state index contributed by atoms with van der Waals surface area (Å²) in [5.74, 6) is 1.50. The van der Waals surface area contributed by atoms with E-state index in [9.17, 15) is 4.79 Å². The molecule has 2 aromatic rings. The largest absolute Gasteiger partial charge is 0.457 e. The fraction of sp³-hybridized carbons (Fsp3) is 0.316. The Bertz CT molecular complexity index is 694. The number of nitrogens with two attached hydrogens (primary N) is 1. The molecule has 5 heteroatoms. The average molecular weight is 349 g/mol. The van der Waals surface area contributed by atoms with Crippen molar-refractivity contribution in [2.45, 2.75) is 40.3 Å². The molecule has 0 aliphatic carbocycles. The van der Waals surface area contributed by atoms with Gasteiger partial charge in [-0.3, -0.25) is 4.79 Å². The highest BCUT2D eigenvalue weighted by Crippen LogP contribution is 2.27. The Balaban J connectivity index is 0.00000288. The molecule has 0 aliphatic rings. The van der Waals surface area contributed by atoms with Gasteiger partial charge in [0.2, 0.25) is 5.91 Å². The SMILES string of the molecule is Cc1cc(C)cc(Oc2ccc(CNC(=O)C(C)N)cc2C)c1.Cl. The molecule has 2 aromatic carbocycles. The zero-order chi connectivity index (χ0) is 17.0. The summed E-state index contributed by atoms with van der Waals surface area (Å²) in [5, 5.41) is 2.80. The first kappa shape index (κ1) is 20.0. The summed E-state index contributed by atoms with van der Waals surface area (Å²) in [6, 6.07) is 11.5. The van der Waals surface area contributed by atoms with Gasteiger partial charge in [0.15, 0.2) is 0 Å². The smallest absolute Gasteiger partial charge is 0.236 e. The molecule has 1 unspecified atom stereocenters. The highest BCUT2D eigenvalue weighted by molar-refractivity contribution is 5.85. The predicted octanol–water partition coefficient (Wildman–Crippen LogP) is 3.79. The summed E-state index contributed by atoms with van der Waals surface area (Å²) >= 11 is 0. The van der Waals surface area contributed by atoms with Gasteiger partial charge in [-0.25, -0.2) is 0 Å². The lowest BCUT2D eigenvalue weighted by atomic mass is 10.1. The Morgan fingerprint density at radius 3 is 2.29 bits per heavy atom. The van der Waals surface area contributed by atoms with Crippen molar-refractivity contribution < 1.29 is 9.53 Å². The second kappa shape index (κ2) is 8.71. The van der Waals surface area contributed by atoms with Crippen LogP contribution in [0, 0.1) is 20.8 Å². The number of rotatable bonds is 5. The number of hydrogen-bond donors (Lipinski definition) is 2. The molecule has 24 heavy (non-hydrogen) atoms. The van der Waals surface area contributed by atoms with Crippen LogP contribution in [0.5, 0.6) is 11.5 Å². The van der Waals surface area contributed by atoms with Crippen molar-refractivity contribution in [3.05, 3.63) is 58.7 Å². The lowest BCUT2D eigenvalue weighted by Crippen LogP contribution is -2.37. The van der Waals surface area contributed by atoms with Crippen LogP contribution in [0.2, 0.25) is 0 Å². The van der Waals surface area contributed by atoms with Gasteiger partial charge >= 0.3 is 0 Å². The van der Waals surface area contributed by atoms with Crippen molar-refractivity contribution in [2.75, 3.05) is 0 Å². The Kier molecular flexibility index (Phi) is 7.26. The minimum atomic E-state index is -0.497. The fourth-order valence-electron chi connectivity index (χ4n) is 2.40. The van der Waals surface area contributed by atoms with Crippen molar-refractivity contribution in [3.8, 4) is 11.5 Å². The first-order valence-corrected chi connectivity index (χ1v) is 7.74. The number of amides is 1. The monoisotopic (exact) mass is 348 g/mol. The molecule has 0 fully saturated rings. The van der Waals surface area contributed by atoms with Crippen LogP contribution in [0.3, 0.4) is 0 Å². The van der Waals surface area contributed by atoms with E-state index in [-0.39, 0.29) is 18.3 Å². The van der Waals surface area contributed by atoms with E-state index in [1.165, 1.54) is 11.1 Å². The third kappa shape index (κ3) is 5.55. The van der Waals surface area contributed by atoms with Crippen molar-refractivity contribution >= 4 is 18.3 Å². The molecule has 3 N–H and O–H groups in total. The predicted molar refractivity (Wildman–Crippen MR) is 99.9 cm³/mol. The molecule has 0 heterocycles. The third-order valence-corrected chi connectivity index (χ3v) is 3.54. The van der Waals surface area contributed by atoms with Gasteiger partial charge in [0.05, 0.1) is 6.04 Å². The van der Waals surface area contributed by atoms with E-state index < -0.39 is 6.04 Å². The van der Waals surface area contributed by atoms with Crippen molar-refractivity contribution in [3.63, 3.8) is 0 Å². The first-order valence-electron chi connectivity index (χ1n) is 7.74. The average Bonchev–Trinajstić information content (AvgIpc) is 2.46. The maximum Gasteiger partial charge on any atom is 0.236 e. The summed E-state index contributed by atoms with van der Waals surface area (Å²) in [5.41, 5.74) is 9.92. The van der Waals surface area contributed by atoms with E-state index in [1.54, 1.807) is 6.92 Å². The summed E-state index contributed by atoms with van der Waals surface area (Å²) in [7, 11) is 0. The lowest BCUT2D eigenvalue weighted by molar-refractivity contribution is -0.122. The van der Waals surface area contributed by atoms with E-state index in [1.807, 2.05) is 37.3 Å². The van der Waals surface area contributed by atoms with Crippen LogP contribution in [0.1, 0.15) is 29.2 Å². The van der Waals surface area contributed by atoms with Crippen LogP contribution in [0.25, 0.3) is 0 Å². The number of benzene rings is 2. The zero-order valence-corrected chi connectivity index (χ0v) is 15.4. The zero-order valence-electron chi connectivity index (χ0n) is 14.6. The van der Waals surface area contributed by atoms with Gasteiger partial charge in [-0.05, 0) is 68.1 Å². The van der Waals surface area contributed by atoms with Gasteiger partial charge in [-0.1, -0.05) is 18.2 Å². The first-order chi connectivity index (χ1) is 10.8. The van der Waals surface area contributed by atoms with Gasteiger partial charge < -0.3 is 15.8 Å². The van der Waals surface area contributed by atoms with Gasteiger partial charge in [0.1, 0.15) is 11.5 Å². The van der Waals surface area contributed by atoms with Crippen LogP contribution in [-0.4, -0.2) is 11.9 Å². The Hall–Kier alpha value is -2.04. The van der Waals surface area contributed by atoms with Gasteiger partial charge in [0.25, 0.3) is 0 Å². The Morgan fingerprint density at radius 2 is 1.75 bits per heavy atom. The highest BCUT2D eigenvalue weighted by Gasteiger charge is 2.08. The van der Waals surface area contributed by atoms with Crippen molar-refractivity contribution in [1.82, 2.24) is 5.32 Å². The molecule has 1 atom stereocenters. The van der Waals surface area contributed by atoms with Crippen LogP contribution in [-0.2, 0) is 11.3 Å². The summed E-state index contributed by atoms with van der Waals surface area (Å²) < 4.78 is 5.98.